The first-order valence-electron chi connectivity index (χ1n) is 6.03. The van der Waals surface area contributed by atoms with Crippen LogP contribution in [0.4, 0.5) is 0 Å². The molecule has 1 saturated carbocycles. The standard InChI is InChI=1S/C11H18N2O4/c14-10(12-13-3-5-17-6-4-13)8-1-2-9(7-8)11(15)16/h8-9H,1-7H2,(H,12,14)(H,15,16). The van der Waals surface area contributed by atoms with Crippen molar-refractivity contribution >= 4 is 11.9 Å². The highest BCUT2D eigenvalue weighted by Gasteiger charge is 2.34. The van der Waals surface area contributed by atoms with Crippen LogP contribution in [-0.2, 0) is 14.3 Å². The van der Waals surface area contributed by atoms with Gasteiger partial charge in [-0.05, 0) is 19.3 Å². The molecule has 2 aliphatic rings. The Morgan fingerprint density at radius 1 is 1.18 bits per heavy atom. The Hall–Kier alpha value is -1.14. The number of nitrogens with zero attached hydrogens (tertiary/aromatic N) is 1. The van der Waals surface area contributed by atoms with Crippen LogP contribution in [0.5, 0.6) is 0 Å². The molecule has 2 unspecified atom stereocenters. The van der Waals surface area contributed by atoms with Gasteiger partial charge in [0.2, 0.25) is 5.91 Å². The Bertz CT molecular complexity index is 302. The molecule has 1 aliphatic heterocycles. The topological polar surface area (TPSA) is 78.9 Å². The van der Waals surface area contributed by atoms with E-state index >= 15 is 0 Å². The van der Waals surface area contributed by atoms with Crippen molar-refractivity contribution in [2.24, 2.45) is 11.8 Å². The number of nitrogens with one attached hydrogen (secondary N) is 1. The van der Waals surface area contributed by atoms with Gasteiger partial charge in [-0.25, -0.2) is 5.01 Å². The van der Waals surface area contributed by atoms with Gasteiger partial charge in [-0.15, -0.1) is 0 Å². The zero-order chi connectivity index (χ0) is 12.3. The molecule has 2 atom stereocenters. The molecule has 0 aromatic heterocycles. The van der Waals surface area contributed by atoms with Gasteiger partial charge in [-0.1, -0.05) is 0 Å². The van der Waals surface area contributed by atoms with E-state index in [1.807, 2.05) is 5.01 Å². The lowest BCUT2D eigenvalue weighted by atomic mass is 10.0. The number of amides is 1. The van der Waals surface area contributed by atoms with Crippen molar-refractivity contribution in [1.29, 1.82) is 0 Å². The number of carboxylic acid groups (broad SMARTS) is 1. The number of ether oxygens (including phenoxy) is 1. The fourth-order valence-corrected chi connectivity index (χ4v) is 2.37. The number of hydrogen-bond donors (Lipinski definition) is 2. The number of carboxylic acids is 1. The van der Waals surface area contributed by atoms with Crippen molar-refractivity contribution in [3.05, 3.63) is 0 Å². The number of carbonyl (C=O) groups excluding carboxylic acids is 1. The van der Waals surface area contributed by atoms with Crippen LogP contribution in [-0.4, -0.2) is 48.3 Å². The summed E-state index contributed by atoms with van der Waals surface area (Å²) in [5.41, 5.74) is 2.84. The summed E-state index contributed by atoms with van der Waals surface area (Å²) in [6, 6.07) is 0. The molecule has 6 heteroatoms. The van der Waals surface area contributed by atoms with Crippen molar-refractivity contribution in [3.63, 3.8) is 0 Å². The Labute approximate surface area is 99.9 Å². The lowest BCUT2D eigenvalue weighted by Gasteiger charge is -2.28. The third-order valence-electron chi connectivity index (χ3n) is 3.43. The summed E-state index contributed by atoms with van der Waals surface area (Å²) in [5, 5.41) is 10.7. The SMILES string of the molecule is O=C(O)C1CCC(C(=O)NN2CCOCC2)C1. The van der Waals surface area contributed by atoms with E-state index in [2.05, 4.69) is 5.43 Å². The van der Waals surface area contributed by atoms with E-state index in [0.29, 0.717) is 45.6 Å². The number of hydrogen-bond acceptors (Lipinski definition) is 4. The van der Waals surface area contributed by atoms with Crippen molar-refractivity contribution in [2.45, 2.75) is 19.3 Å². The second-order valence-corrected chi connectivity index (χ2v) is 4.62. The van der Waals surface area contributed by atoms with Crippen LogP contribution < -0.4 is 5.43 Å². The van der Waals surface area contributed by atoms with E-state index in [0.717, 1.165) is 0 Å². The number of rotatable bonds is 3. The molecule has 96 valence electrons. The second kappa shape index (κ2) is 5.46. The molecule has 1 saturated heterocycles. The number of hydrazine groups is 1. The minimum atomic E-state index is -0.785. The summed E-state index contributed by atoms with van der Waals surface area (Å²) in [6.45, 7) is 2.65. The van der Waals surface area contributed by atoms with Gasteiger partial charge < -0.3 is 9.84 Å². The van der Waals surface area contributed by atoms with Gasteiger partial charge in [0.1, 0.15) is 0 Å². The third-order valence-corrected chi connectivity index (χ3v) is 3.43. The fourth-order valence-electron chi connectivity index (χ4n) is 2.37. The molecule has 0 bridgehead atoms. The van der Waals surface area contributed by atoms with Crippen molar-refractivity contribution < 1.29 is 19.4 Å². The van der Waals surface area contributed by atoms with Crippen LogP contribution in [0.2, 0.25) is 0 Å². The molecular weight excluding hydrogens is 224 g/mol. The molecule has 0 aromatic carbocycles. The fraction of sp³-hybridized carbons (Fsp3) is 0.818. The summed E-state index contributed by atoms with van der Waals surface area (Å²) < 4.78 is 5.18. The quantitative estimate of drug-likeness (QED) is 0.719. The maximum atomic E-state index is 11.9. The highest BCUT2D eigenvalue weighted by Crippen LogP contribution is 2.31. The summed E-state index contributed by atoms with van der Waals surface area (Å²) in [5.74, 6) is -1.34. The van der Waals surface area contributed by atoms with E-state index in [1.165, 1.54) is 0 Å². The highest BCUT2D eigenvalue weighted by molar-refractivity contribution is 5.80. The van der Waals surface area contributed by atoms with Gasteiger partial charge in [0.15, 0.2) is 0 Å². The van der Waals surface area contributed by atoms with Crippen LogP contribution in [0.25, 0.3) is 0 Å². The smallest absolute Gasteiger partial charge is 0.306 e. The molecule has 0 spiro atoms. The van der Waals surface area contributed by atoms with Crippen LogP contribution in [0.3, 0.4) is 0 Å². The molecule has 2 rings (SSSR count). The van der Waals surface area contributed by atoms with E-state index in [-0.39, 0.29) is 17.7 Å². The van der Waals surface area contributed by atoms with Crippen LogP contribution >= 0.6 is 0 Å². The Balaban J connectivity index is 1.78. The first kappa shape index (κ1) is 12.3. The number of aliphatic carboxylic acids is 1. The minimum Gasteiger partial charge on any atom is -0.481 e. The van der Waals surface area contributed by atoms with Crippen LogP contribution in [0.1, 0.15) is 19.3 Å². The molecule has 6 nitrogen and oxygen atoms in total. The lowest BCUT2D eigenvalue weighted by molar-refractivity contribution is -0.141. The van der Waals surface area contributed by atoms with Gasteiger partial charge in [0.05, 0.1) is 19.1 Å². The minimum absolute atomic E-state index is 0.0457. The highest BCUT2D eigenvalue weighted by atomic mass is 16.5. The first-order valence-corrected chi connectivity index (χ1v) is 6.03. The van der Waals surface area contributed by atoms with E-state index < -0.39 is 5.97 Å². The van der Waals surface area contributed by atoms with Gasteiger partial charge in [-0.2, -0.15) is 0 Å². The third kappa shape index (κ3) is 3.17. The van der Waals surface area contributed by atoms with Gasteiger partial charge in [0.25, 0.3) is 0 Å². The van der Waals surface area contributed by atoms with Gasteiger partial charge in [0, 0.05) is 19.0 Å². The van der Waals surface area contributed by atoms with E-state index in [9.17, 15) is 9.59 Å². The summed E-state index contributed by atoms with van der Waals surface area (Å²) in [7, 11) is 0. The molecule has 2 N–H and O–H groups in total. The summed E-state index contributed by atoms with van der Waals surface area (Å²) in [4.78, 5) is 22.7. The van der Waals surface area contributed by atoms with Crippen molar-refractivity contribution in [1.82, 2.24) is 10.4 Å². The van der Waals surface area contributed by atoms with Crippen molar-refractivity contribution in [3.8, 4) is 0 Å². The van der Waals surface area contributed by atoms with Crippen LogP contribution in [0, 0.1) is 11.8 Å². The summed E-state index contributed by atoms with van der Waals surface area (Å²) >= 11 is 0. The summed E-state index contributed by atoms with van der Waals surface area (Å²) in [6.07, 6.45) is 1.75. The Morgan fingerprint density at radius 2 is 1.82 bits per heavy atom. The van der Waals surface area contributed by atoms with Gasteiger partial charge >= 0.3 is 5.97 Å². The largest absolute Gasteiger partial charge is 0.481 e. The lowest BCUT2D eigenvalue weighted by Crippen LogP contribution is -2.49. The predicted octanol–water partition coefficient (Wildman–Crippen LogP) is -0.149. The normalized spacial score (nSPS) is 30.1. The second-order valence-electron chi connectivity index (χ2n) is 4.62. The maximum absolute atomic E-state index is 11.9. The number of morpholine rings is 1. The van der Waals surface area contributed by atoms with E-state index in [1.54, 1.807) is 0 Å². The molecule has 17 heavy (non-hydrogen) atoms. The zero-order valence-corrected chi connectivity index (χ0v) is 9.72. The number of carbonyl (C=O) groups is 2. The predicted molar refractivity (Wildman–Crippen MR) is 59.0 cm³/mol. The van der Waals surface area contributed by atoms with Crippen LogP contribution in [0.15, 0.2) is 0 Å². The molecule has 0 aromatic rings. The monoisotopic (exact) mass is 242 g/mol. The maximum Gasteiger partial charge on any atom is 0.306 e. The zero-order valence-electron chi connectivity index (χ0n) is 9.72. The Morgan fingerprint density at radius 3 is 2.41 bits per heavy atom. The van der Waals surface area contributed by atoms with Gasteiger partial charge in [-0.3, -0.25) is 15.0 Å². The average molecular weight is 242 g/mol. The first-order chi connectivity index (χ1) is 8.16. The molecule has 1 aliphatic carbocycles. The molecule has 1 heterocycles. The molecule has 1 amide bonds. The van der Waals surface area contributed by atoms with E-state index in [4.69, 9.17) is 9.84 Å². The average Bonchev–Trinajstić information content (AvgIpc) is 2.79. The molecule has 0 radical (unpaired) electrons. The molecule has 2 fully saturated rings. The van der Waals surface area contributed by atoms with Crippen molar-refractivity contribution in [2.75, 3.05) is 26.3 Å². The Kier molecular flexibility index (Phi) is 3.96. The molecular formula is C11H18N2O4.